The number of para-hydroxylation sites is 1. The standard InChI is InChI=1S/C14H19FN2O4/c1-2-3-8-21-9-7-16-14(20)17-12-10(13(18)19)5-4-6-11(12)15/h4-6H,2-3,7-9H2,1H3,(H,18,19)(H2,16,17,20). The Kier molecular flexibility index (Phi) is 7.17. The van der Waals surface area contributed by atoms with Gasteiger partial charge in [0.05, 0.1) is 17.9 Å². The number of carboxylic acid groups (broad SMARTS) is 1. The molecule has 6 nitrogen and oxygen atoms in total. The lowest BCUT2D eigenvalue weighted by atomic mass is 10.1. The first kappa shape index (κ1) is 16.9. The minimum absolute atomic E-state index is 0.256. The van der Waals surface area contributed by atoms with Crippen molar-refractivity contribution in [2.45, 2.75) is 19.8 Å². The van der Waals surface area contributed by atoms with Crippen molar-refractivity contribution in [2.24, 2.45) is 0 Å². The summed E-state index contributed by atoms with van der Waals surface area (Å²) in [5, 5.41) is 13.6. The van der Waals surface area contributed by atoms with Crippen LogP contribution in [0.1, 0.15) is 30.1 Å². The summed E-state index contributed by atoms with van der Waals surface area (Å²) in [5.41, 5.74) is -0.654. The van der Waals surface area contributed by atoms with Crippen molar-refractivity contribution in [3.05, 3.63) is 29.6 Å². The molecule has 0 spiro atoms. The number of aromatic carboxylic acids is 1. The Balaban J connectivity index is 2.46. The van der Waals surface area contributed by atoms with Crippen molar-refractivity contribution in [3.63, 3.8) is 0 Å². The third-order valence-corrected chi connectivity index (χ3v) is 2.66. The van der Waals surface area contributed by atoms with Gasteiger partial charge in [0.25, 0.3) is 0 Å². The van der Waals surface area contributed by atoms with E-state index in [1.807, 2.05) is 6.92 Å². The normalized spacial score (nSPS) is 10.2. The summed E-state index contributed by atoms with van der Waals surface area (Å²) in [4.78, 5) is 22.5. The SMILES string of the molecule is CCCCOCCNC(=O)Nc1c(F)cccc1C(=O)O. The van der Waals surface area contributed by atoms with Crippen LogP contribution in [0, 0.1) is 5.82 Å². The molecule has 0 fully saturated rings. The molecule has 116 valence electrons. The zero-order valence-electron chi connectivity index (χ0n) is 11.8. The van der Waals surface area contributed by atoms with Gasteiger partial charge in [0.1, 0.15) is 5.82 Å². The molecule has 0 saturated heterocycles. The van der Waals surface area contributed by atoms with Crippen LogP contribution in [-0.2, 0) is 4.74 Å². The number of rotatable bonds is 8. The first-order valence-electron chi connectivity index (χ1n) is 6.70. The smallest absolute Gasteiger partial charge is 0.337 e. The summed E-state index contributed by atoms with van der Waals surface area (Å²) in [6.45, 7) is 3.27. The highest BCUT2D eigenvalue weighted by Crippen LogP contribution is 2.19. The minimum Gasteiger partial charge on any atom is -0.478 e. The molecule has 2 amide bonds. The average Bonchev–Trinajstić information content (AvgIpc) is 2.44. The van der Waals surface area contributed by atoms with Gasteiger partial charge in [0.15, 0.2) is 0 Å². The van der Waals surface area contributed by atoms with Gasteiger partial charge in [0, 0.05) is 13.2 Å². The lowest BCUT2D eigenvalue weighted by Crippen LogP contribution is -2.32. The molecule has 0 atom stereocenters. The van der Waals surface area contributed by atoms with Crippen LogP contribution in [0.2, 0.25) is 0 Å². The average molecular weight is 298 g/mol. The highest BCUT2D eigenvalue weighted by molar-refractivity contribution is 6.00. The van der Waals surface area contributed by atoms with E-state index in [0.717, 1.165) is 18.9 Å². The quantitative estimate of drug-likeness (QED) is 0.643. The zero-order chi connectivity index (χ0) is 15.7. The lowest BCUT2D eigenvalue weighted by molar-refractivity contribution is 0.0697. The van der Waals surface area contributed by atoms with E-state index in [0.29, 0.717) is 13.2 Å². The summed E-state index contributed by atoms with van der Waals surface area (Å²) in [6.07, 6.45) is 1.97. The molecule has 21 heavy (non-hydrogen) atoms. The van der Waals surface area contributed by atoms with Crippen LogP contribution in [0.5, 0.6) is 0 Å². The van der Waals surface area contributed by atoms with Crippen molar-refractivity contribution in [1.82, 2.24) is 5.32 Å². The monoisotopic (exact) mass is 298 g/mol. The molecule has 1 rings (SSSR count). The van der Waals surface area contributed by atoms with Gasteiger partial charge in [-0.1, -0.05) is 19.4 Å². The number of anilines is 1. The van der Waals surface area contributed by atoms with Crippen LogP contribution in [0.15, 0.2) is 18.2 Å². The maximum atomic E-state index is 13.6. The zero-order valence-corrected chi connectivity index (χ0v) is 11.8. The lowest BCUT2D eigenvalue weighted by Gasteiger charge is -2.11. The summed E-state index contributed by atoms with van der Waals surface area (Å²) < 4.78 is 18.8. The second-order valence-electron chi connectivity index (χ2n) is 4.31. The molecule has 0 heterocycles. The second-order valence-corrected chi connectivity index (χ2v) is 4.31. The Morgan fingerprint density at radius 2 is 2.10 bits per heavy atom. The van der Waals surface area contributed by atoms with Gasteiger partial charge in [-0.2, -0.15) is 0 Å². The molecule has 0 aliphatic rings. The Hall–Kier alpha value is -2.15. The largest absolute Gasteiger partial charge is 0.478 e. The fourth-order valence-electron chi connectivity index (χ4n) is 1.57. The number of hydrogen-bond donors (Lipinski definition) is 3. The van der Waals surface area contributed by atoms with Crippen molar-refractivity contribution in [3.8, 4) is 0 Å². The van der Waals surface area contributed by atoms with Gasteiger partial charge in [-0.25, -0.2) is 14.0 Å². The number of amides is 2. The summed E-state index contributed by atoms with van der Waals surface area (Å²) >= 11 is 0. The summed E-state index contributed by atoms with van der Waals surface area (Å²) in [7, 11) is 0. The van der Waals surface area contributed by atoms with Gasteiger partial charge < -0.3 is 20.5 Å². The maximum Gasteiger partial charge on any atom is 0.337 e. The number of nitrogens with one attached hydrogen (secondary N) is 2. The third kappa shape index (κ3) is 5.78. The van der Waals surface area contributed by atoms with Crippen molar-refractivity contribution < 1.29 is 23.8 Å². The predicted molar refractivity (Wildman–Crippen MR) is 76.1 cm³/mol. The molecule has 0 aliphatic heterocycles. The molecule has 0 bridgehead atoms. The van der Waals surface area contributed by atoms with Gasteiger partial charge in [-0.15, -0.1) is 0 Å². The van der Waals surface area contributed by atoms with Gasteiger partial charge >= 0.3 is 12.0 Å². The Bertz CT molecular complexity index is 494. The van der Waals surface area contributed by atoms with E-state index in [-0.39, 0.29) is 17.8 Å². The first-order chi connectivity index (χ1) is 10.1. The van der Waals surface area contributed by atoms with E-state index < -0.39 is 17.8 Å². The number of urea groups is 1. The molecule has 0 saturated carbocycles. The Morgan fingerprint density at radius 1 is 1.33 bits per heavy atom. The van der Waals surface area contributed by atoms with E-state index in [4.69, 9.17) is 9.84 Å². The number of carbonyl (C=O) groups excluding carboxylic acids is 1. The van der Waals surface area contributed by atoms with E-state index in [1.165, 1.54) is 12.1 Å². The molecule has 0 radical (unpaired) electrons. The molecule has 0 aliphatic carbocycles. The first-order valence-corrected chi connectivity index (χ1v) is 6.70. The molecule has 7 heteroatoms. The summed E-state index contributed by atoms with van der Waals surface area (Å²) in [6, 6.07) is 2.88. The Labute approximate surface area is 122 Å². The fourth-order valence-corrected chi connectivity index (χ4v) is 1.57. The van der Waals surface area contributed by atoms with Crippen LogP contribution >= 0.6 is 0 Å². The highest BCUT2D eigenvalue weighted by Gasteiger charge is 2.16. The third-order valence-electron chi connectivity index (χ3n) is 2.66. The van der Waals surface area contributed by atoms with Gasteiger partial charge in [-0.3, -0.25) is 0 Å². The number of carbonyl (C=O) groups is 2. The van der Waals surface area contributed by atoms with E-state index in [2.05, 4.69) is 10.6 Å². The highest BCUT2D eigenvalue weighted by atomic mass is 19.1. The van der Waals surface area contributed by atoms with E-state index in [1.54, 1.807) is 0 Å². The van der Waals surface area contributed by atoms with Crippen LogP contribution in [0.4, 0.5) is 14.9 Å². The molecule has 3 N–H and O–H groups in total. The molecular formula is C14H19FN2O4. The van der Waals surface area contributed by atoms with E-state index >= 15 is 0 Å². The van der Waals surface area contributed by atoms with Gasteiger partial charge in [0.2, 0.25) is 0 Å². The fraction of sp³-hybridized carbons (Fsp3) is 0.429. The topological polar surface area (TPSA) is 87.7 Å². The number of unbranched alkanes of at least 4 members (excludes halogenated alkanes) is 1. The molecule has 0 aromatic heterocycles. The van der Waals surface area contributed by atoms with Crippen molar-refractivity contribution in [1.29, 1.82) is 0 Å². The number of carboxylic acids is 1. The van der Waals surface area contributed by atoms with Crippen molar-refractivity contribution >= 4 is 17.7 Å². The molecule has 1 aromatic rings. The number of hydrogen-bond acceptors (Lipinski definition) is 3. The van der Waals surface area contributed by atoms with Crippen LogP contribution in [-0.4, -0.2) is 36.9 Å². The van der Waals surface area contributed by atoms with E-state index in [9.17, 15) is 14.0 Å². The number of benzene rings is 1. The van der Waals surface area contributed by atoms with Crippen LogP contribution in [0.3, 0.4) is 0 Å². The number of ether oxygens (including phenoxy) is 1. The van der Waals surface area contributed by atoms with Crippen molar-refractivity contribution in [2.75, 3.05) is 25.1 Å². The minimum atomic E-state index is -1.31. The van der Waals surface area contributed by atoms with Gasteiger partial charge in [-0.05, 0) is 18.6 Å². The van der Waals surface area contributed by atoms with Crippen LogP contribution < -0.4 is 10.6 Å². The predicted octanol–water partition coefficient (Wildman–Crippen LogP) is 2.46. The summed E-state index contributed by atoms with van der Waals surface area (Å²) in [5.74, 6) is -2.11. The molecular weight excluding hydrogens is 279 g/mol. The molecule has 1 aromatic carbocycles. The second kappa shape index (κ2) is 8.91. The maximum absolute atomic E-state index is 13.6. The molecule has 0 unspecified atom stereocenters. The Morgan fingerprint density at radius 3 is 2.76 bits per heavy atom. The van der Waals surface area contributed by atoms with Crippen LogP contribution in [0.25, 0.3) is 0 Å². The number of halogens is 1.